The van der Waals surface area contributed by atoms with Gasteiger partial charge in [0.05, 0.1) is 0 Å². The minimum Gasteiger partial charge on any atom is -0.481 e. The molecule has 3 unspecified atom stereocenters. The molecule has 1 fully saturated rings. The zero-order valence-electron chi connectivity index (χ0n) is 13.6. The summed E-state index contributed by atoms with van der Waals surface area (Å²) in [7, 11) is 0. The predicted molar refractivity (Wildman–Crippen MR) is 95.5 cm³/mol. The largest absolute Gasteiger partial charge is 0.481 e. The van der Waals surface area contributed by atoms with Gasteiger partial charge < -0.3 is 4.74 Å². The second-order valence-corrected chi connectivity index (χ2v) is 7.32. The molecule has 0 N–H and O–H groups in total. The molecule has 5 rings (SSSR count). The monoisotopic (exact) mass is 302 g/mol. The summed E-state index contributed by atoms with van der Waals surface area (Å²) in [5.74, 6) is 2.23. The van der Waals surface area contributed by atoms with Crippen LogP contribution in [0.1, 0.15) is 38.2 Å². The lowest BCUT2D eigenvalue weighted by Gasteiger charge is -2.52. The Balaban J connectivity index is 1.72. The Morgan fingerprint density at radius 2 is 2.00 bits per heavy atom. The van der Waals surface area contributed by atoms with Crippen LogP contribution in [0.5, 0.6) is 5.75 Å². The summed E-state index contributed by atoms with van der Waals surface area (Å²) in [6.07, 6.45) is 12.2. The molecule has 3 atom stereocenters. The van der Waals surface area contributed by atoms with Crippen LogP contribution in [0.25, 0.3) is 16.8 Å². The molecule has 1 spiro atoms. The molecule has 1 nitrogen and oxygen atoms in total. The summed E-state index contributed by atoms with van der Waals surface area (Å²) < 4.78 is 6.83. The fourth-order valence-electron chi connectivity index (χ4n) is 5.13. The predicted octanol–water partition coefficient (Wildman–Crippen LogP) is 5.75. The number of ether oxygens (including phenoxy) is 1. The zero-order chi connectivity index (χ0) is 15.4. The molecule has 0 radical (unpaired) electrons. The fraction of sp³-hybridized carbons (Fsp3) is 0.364. The second-order valence-electron chi connectivity index (χ2n) is 7.32. The molecule has 1 heteroatoms. The van der Waals surface area contributed by atoms with Crippen molar-refractivity contribution in [2.75, 3.05) is 0 Å². The van der Waals surface area contributed by atoms with Gasteiger partial charge in [-0.25, -0.2) is 0 Å². The maximum atomic E-state index is 6.83. The molecule has 1 aliphatic heterocycles. The van der Waals surface area contributed by atoms with E-state index in [-0.39, 0.29) is 5.60 Å². The average Bonchev–Trinajstić information content (AvgIpc) is 2.56. The van der Waals surface area contributed by atoms with Crippen LogP contribution in [0.3, 0.4) is 0 Å². The van der Waals surface area contributed by atoms with Gasteiger partial charge in [-0.1, -0.05) is 48.9 Å². The molecule has 0 aromatic heterocycles. The van der Waals surface area contributed by atoms with Crippen LogP contribution in [0.4, 0.5) is 0 Å². The highest BCUT2D eigenvalue weighted by atomic mass is 16.5. The molecule has 23 heavy (non-hydrogen) atoms. The van der Waals surface area contributed by atoms with Crippen molar-refractivity contribution in [3.63, 3.8) is 0 Å². The highest BCUT2D eigenvalue weighted by Crippen LogP contribution is 2.54. The molecule has 3 aliphatic rings. The Kier molecular flexibility index (Phi) is 2.76. The van der Waals surface area contributed by atoms with E-state index in [1.807, 2.05) is 0 Å². The maximum absolute atomic E-state index is 6.83. The number of rotatable bonds is 0. The molecule has 2 aromatic carbocycles. The first-order valence-electron chi connectivity index (χ1n) is 8.85. The molecule has 2 bridgehead atoms. The number of allylic oxidation sites excluding steroid dienone is 1. The van der Waals surface area contributed by atoms with Crippen molar-refractivity contribution < 1.29 is 4.74 Å². The van der Waals surface area contributed by atoms with Crippen LogP contribution in [-0.4, -0.2) is 5.60 Å². The lowest BCUT2D eigenvalue weighted by Crippen LogP contribution is -2.55. The summed E-state index contributed by atoms with van der Waals surface area (Å²) in [6, 6.07) is 13.0. The smallest absolute Gasteiger partial charge is 0.139 e. The van der Waals surface area contributed by atoms with E-state index in [0.717, 1.165) is 12.2 Å². The van der Waals surface area contributed by atoms with Gasteiger partial charge in [0.1, 0.15) is 11.4 Å². The highest BCUT2D eigenvalue weighted by molar-refractivity contribution is 5.94. The molecule has 0 saturated heterocycles. The van der Waals surface area contributed by atoms with Gasteiger partial charge in [-0.05, 0) is 54.7 Å². The van der Waals surface area contributed by atoms with Gasteiger partial charge in [-0.15, -0.1) is 0 Å². The Labute approximate surface area is 137 Å². The number of benzene rings is 2. The summed E-state index contributed by atoms with van der Waals surface area (Å²) in [5, 5.41) is 2.59. The van der Waals surface area contributed by atoms with Crippen LogP contribution in [-0.2, 0) is 0 Å². The Morgan fingerprint density at radius 1 is 1.09 bits per heavy atom. The maximum Gasteiger partial charge on any atom is 0.139 e. The van der Waals surface area contributed by atoms with Crippen LogP contribution in [0.2, 0.25) is 0 Å². The molecule has 1 saturated carbocycles. The third-order valence-electron chi connectivity index (χ3n) is 6.20. The van der Waals surface area contributed by atoms with Crippen LogP contribution < -0.4 is 4.74 Å². The first-order valence-corrected chi connectivity index (χ1v) is 8.85. The van der Waals surface area contributed by atoms with E-state index >= 15 is 0 Å². The van der Waals surface area contributed by atoms with Gasteiger partial charge in [0.2, 0.25) is 0 Å². The van der Waals surface area contributed by atoms with Gasteiger partial charge in [0.25, 0.3) is 0 Å². The van der Waals surface area contributed by atoms with E-state index in [1.165, 1.54) is 41.2 Å². The molecular formula is C22H22O. The van der Waals surface area contributed by atoms with Crippen molar-refractivity contribution in [3.05, 3.63) is 59.7 Å². The summed E-state index contributed by atoms with van der Waals surface area (Å²) in [4.78, 5) is 0. The minimum atomic E-state index is -0.0948. The van der Waals surface area contributed by atoms with Crippen LogP contribution in [0, 0.1) is 11.8 Å². The summed E-state index contributed by atoms with van der Waals surface area (Å²) >= 11 is 0. The first-order chi connectivity index (χ1) is 11.3. The van der Waals surface area contributed by atoms with E-state index in [2.05, 4.69) is 61.5 Å². The lowest BCUT2D eigenvalue weighted by molar-refractivity contribution is -0.0300. The van der Waals surface area contributed by atoms with Gasteiger partial charge in [0.15, 0.2) is 0 Å². The fourth-order valence-corrected chi connectivity index (χ4v) is 5.13. The van der Waals surface area contributed by atoms with E-state index in [9.17, 15) is 0 Å². The average molecular weight is 302 g/mol. The standard InChI is InChI=1S/C22H22O/c1-15-14-20-19-11-3-2-6-16(19)12-13-21(20)23-22(15)17-7-4-8-18(22)10-5-9-17/h2-4,6-7,11-14,17-18H,5,8-10H2,1H3. The van der Waals surface area contributed by atoms with E-state index in [0.29, 0.717) is 11.8 Å². The number of hydrogen-bond acceptors (Lipinski definition) is 1. The second kappa shape index (κ2) is 4.74. The minimum absolute atomic E-state index is 0.0948. The van der Waals surface area contributed by atoms with E-state index < -0.39 is 0 Å². The molecule has 2 aromatic rings. The van der Waals surface area contributed by atoms with Crippen molar-refractivity contribution in [3.8, 4) is 5.75 Å². The van der Waals surface area contributed by atoms with Crippen molar-refractivity contribution in [2.45, 2.75) is 38.2 Å². The molecule has 116 valence electrons. The number of hydrogen-bond donors (Lipinski definition) is 0. The van der Waals surface area contributed by atoms with E-state index in [1.54, 1.807) is 0 Å². The molecule has 0 amide bonds. The highest BCUT2D eigenvalue weighted by Gasteiger charge is 2.52. The van der Waals surface area contributed by atoms with Crippen molar-refractivity contribution in [1.82, 2.24) is 0 Å². The molecular weight excluding hydrogens is 280 g/mol. The van der Waals surface area contributed by atoms with Crippen LogP contribution in [0.15, 0.2) is 54.1 Å². The quantitative estimate of drug-likeness (QED) is 0.563. The summed E-state index contributed by atoms with van der Waals surface area (Å²) in [6.45, 7) is 2.29. The summed E-state index contributed by atoms with van der Waals surface area (Å²) in [5.41, 5.74) is 2.59. The third kappa shape index (κ3) is 1.74. The Morgan fingerprint density at radius 3 is 2.91 bits per heavy atom. The van der Waals surface area contributed by atoms with Crippen LogP contribution >= 0.6 is 0 Å². The first kappa shape index (κ1) is 13.4. The van der Waals surface area contributed by atoms with Gasteiger partial charge in [-0.2, -0.15) is 0 Å². The SMILES string of the molecule is CC1=Cc2c(ccc3ccccc23)OC12C1C=CCC2CCC1. The van der Waals surface area contributed by atoms with E-state index in [4.69, 9.17) is 4.74 Å². The molecule has 1 heterocycles. The van der Waals surface area contributed by atoms with Crippen molar-refractivity contribution in [1.29, 1.82) is 0 Å². The normalized spacial score (nSPS) is 31.6. The van der Waals surface area contributed by atoms with Gasteiger partial charge >= 0.3 is 0 Å². The Bertz CT molecular complexity index is 844. The topological polar surface area (TPSA) is 9.23 Å². The zero-order valence-corrected chi connectivity index (χ0v) is 13.6. The van der Waals surface area contributed by atoms with Gasteiger partial charge in [0, 0.05) is 17.4 Å². The van der Waals surface area contributed by atoms with Gasteiger partial charge in [-0.3, -0.25) is 0 Å². The number of fused-ring (bicyclic) bond motifs is 3. The lowest BCUT2D eigenvalue weighted by atomic mass is 9.60. The Hall–Kier alpha value is -2.02. The third-order valence-corrected chi connectivity index (χ3v) is 6.20. The molecule has 2 aliphatic carbocycles. The van der Waals surface area contributed by atoms with Crippen molar-refractivity contribution in [2.24, 2.45) is 11.8 Å². The van der Waals surface area contributed by atoms with Crippen molar-refractivity contribution >= 4 is 16.8 Å².